The van der Waals surface area contributed by atoms with E-state index in [4.69, 9.17) is 0 Å². The second kappa shape index (κ2) is 4.08. The Morgan fingerprint density at radius 1 is 1.42 bits per heavy atom. The van der Waals surface area contributed by atoms with Crippen LogP contribution >= 0.6 is 0 Å². The molecule has 0 aromatic carbocycles. The lowest BCUT2D eigenvalue weighted by molar-refractivity contribution is 0.0481. The fourth-order valence-corrected chi connectivity index (χ4v) is 2.15. The van der Waals surface area contributed by atoms with E-state index in [0.717, 1.165) is 25.7 Å². The minimum Gasteiger partial charge on any atom is -0.390 e. The van der Waals surface area contributed by atoms with Crippen LogP contribution in [0.25, 0.3) is 0 Å². The van der Waals surface area contributed by atoms with Gasteiger partial charge in [0.15, 0.2) is 0 Å². The monoisotopic (exact) mass is 168 g/mol. The Bertz CT molecular complexity index is 164. The lowest BCUT2D eigenvalue weighted by Gasteiger charge is -2.22. The van der Waals surface area contributed by atoms with Crippen LogP contribution in [-0.4, -0.2) is 10.7 Å². The first-order valence-electron chi connectivity index (χ1n) is 5.04. The molecule has 0 radical (unpaired) electrons. The van der Waals surface area contributed by atoms with E-state index in [-0.39, 0.29) is 5.60 Å². The average molecular weight is 168 g/mol. The summed E-state index contributed by atoms with van der Waals surface area (Å²) in [5.41, 5.74) is 0.998. The highest BCUT2D eigenvalue weighted by atomic mass is 16.3. The molecule has 1 aliphatic rings. The first-order chi connectivity index (χ1) is 5.66. The van der Waals surface area contributed by atoms with E-state index >= 15 is 0 Å². The highest BCUT2D eigenvalue weighted by molar-refractivity contribution is 5.04. The quantitative estimate of drug-likeness (QED) is 0.642. The van der Waals surface area contributed by atoms with Crippen molar-refractivity contribution >= 4 is 0 Å². The number of hydrogen-bond acceptors (Lipinski definition) is 1. The minimum atomic E-state index is -0.351. The Labute approximate surface area is 75.5 Å². The second-order valence-electron chi connectivity index (χ2n) is 4.07. The van der Waals surface area contributed by atoms with Gasteiger partial charge >= 0.3 is 0 Å². The molecule has 0 spiro atoms. The summed E-state index contributed by atoms with van der Waals surface area (Å²) in [6.07, 6.45) is 8.61. The molecule has 0 atom stereocenters. The molecule has 0 aromatic rings. The fourth-order valence-electron chi connectivity index (χ4n) is 2.15. The Morgan fingerprint density at radius 2 is 2.00 bits per heavy atom. The van der Waals surface area contributed by atoms with Gasteiger partial charge in [-0.2, -0.15) is 0 Å². The van der Waals surface area contributed by atoms with Crippen LogP contribution in [-0.2, 0) is 0 Å². The third-order valence-electron chi connectivity index (χ3n) is 2.69. The molecular formula is C11H20O. The van der Waals surface area contributed by atoms with E-state index in [1.54, 1.807) is 0 Å². The summed E-state index contributed by atoms with van der Waals surface area (Å²) in [5.74, 6) is 0. The van der Waals surface area contributed by atoms with Crippen LogP contribution in [0.3, 0.4) is 0 Å². The van der Waals surface area contributed by atoms with Crippen molar-refractivity contribution in [2.45, 2.75) is 58.0 Å². The van der Waals surface area contributed by atoms with Crippen LogP contribution in [0.15, 0.2) is 11.6 Å². The maximum absolute atomic E-state index is 10.0. The Hall–Kier alpha value is -0.300. The summed E-state index contributed by atoms with van der Waals surface area (Å²) in [6, 6.07) is 0. The molecular weight excluding hydrogens is 148 g/mol. The van der Waals surface area contributed by atoms with Gasteiger partial charge in [0.2, 0.25) is 0 Å². The van der Waals surface area contributed by atoms with Crippen LogP contribution in [0, 0.1) is 0 Å². The van der Waals surface area contributed by atoms with E-state index in [1.807, 2.05) is 0 Å². The van der Waals surface area contributed by atoms with Crippen molar-refractivity contribution in [1.82, 2.24) is 0 Å². The van der Waals surface area contributed by atoms with Crippen LogP contribution in [0.5, 0.6) is 0 Å². The lowest BCUT2D eigenvalue weighted by atomic mass is 9.93. The predicted molar refractivity (Wildman–Crippen MR) is 52.1 cm³/mol. The Morgan fingerprint density at radius 3 is 2.50 bits per heavy atom. The molecule has 12 heavy (non-hydrogen) atoms. The number of allylic oxidation sites excluding steroid dienone is 1. The predicted octanol–water partition coefficient (Wildman–Crippen LogP) is 3.04. The Kier molecular flexibility index (Phi) is 3.33. The summed E-state index contributed by atoms with van der Waals surface area (Å²) in [5, 5.41) is 10.0. The Balaban J connectivity index is 2.43. The normalized spacial score (nSPS) is 23.1. The molecule has 0 heterocycles. The molecule has 0 aromatic heterocycles. The third-order valence-corrected chi connectivity index (χ3v) is 2.69. The van der Waals surface area contributed by atoms with Gasteiger partial charge in [0, 0.05) is 0 Å². The van der Waals surface area contributed by atoms with Gasteiger partial charge in [-0.15, -0.1) is 0 Å². The van der Waals surface area contributed by atoms with Crippen LogP contribution < -0.4 is 0 Å². The molecule has 0 aliphatic heterocycles. The molecule has 1 rings (SSSR count). The zero-order valence-corrected chi connectivity index (χ0v) is 8.27. The first-order valence-corrected chi connectivity index (χ1v) is 5.04. The lowest BCUT2D eigenvalue weighted by Crippen LogP contribution is -2.23. The van der Waals surface area contributed by atoms with E-state index in [2.05, 4.69) is 19.9 Å². The van der Waals surface area contributed by atoms with Gasteiger partial charge in [-0.3, -0.25) is 0 Å². The molecule has 70 valence electrons. The zero-order valence-electron chi connectivity index (χ0n) is 8.27. The minimum absolute atomic E-state index is 0.351. The van der Waals surface area contributed by atoms with Gasteiger partial charge in [0.05, 0.1) is 5.60 Å². The van der Waals surface area contributed by atoms with Crippen molar-refractivity contribution in [3.63, 3.8) is 0 Å². The van der Waals surface area contributed by atoms with Gasteiger partial charge in [-0.05, 0) is 32.6 Å². The molecule has 1 saturated carbocycles. The summed E-state index contributed by atoms with van der Waals surface area (Å²) in [6.45, 7) is 4.27. The van der Waals surface area contributed by atoms with Crippen LogP contribution in [0.4, 0.5) is 0 Å². The fraction of sp³-hybridized carbons (Fsp3) is 0.818. The second-order valence-corrected chi connectivity index (χ2v) is 4.07. The average Bonchev–Trinajstić information content (AvgIpc) is 2.36. The topological polar surface area (TPSA) is 20.2 Å². The van der Waals surface area contributed by atoms with Crippen molar-refractivity contribution in [2.75, 3.05) is 0 Å². The highest BCUT2D eigenvalue weighted by Gasteiger charge is 2.30. The zero-order chi connectivity index (χ0) is 9.03. The van der Waals surface area contributed by atoms with Gasteiger partial charge in [0.25, 0.3) is 0 Å². The number of aliphatic hydroxyl groups is 1. The van der Waals surface area contributed by atoms with Crippen molar-refractivity contribution in [1.29, 1.82) is 0 Å². The third kappa shape index (κ3) is 2.63. The first kappa shape index (κ1) is 9.79. The molecule has 1 N–H and O–H groups in total. The van der Waals surface area contributed by atoms with E-state index < -0.39 is 0 Å². The van der Waals surface area contributed by atoms with Crippen molar-refractivity contribution in [3.8, 4) is 0 Å². The molecule has 1 heteroatoms. The highest BCUT2D eigenvalue weighted by Crippen LogP contribution is 2.34. The largest absolute Gasteiger partial charge is 0.390 e. The standard InChI is InChI=1S/C11H20O/c1-3-6-10(2)9-11(12)7-4-5-8-11/h6,12H,3-5,7-9H2,1-2H3/b10-6+. The van der Waals surface area contributed by atoms with Crippen LogP contribution in [0.1, 0.15) is 52.4 Å². The van der Waals surface area contributed by atoms with Crippen molar-refractivity contribution in [2.24, 2.45) is 0 Å². The maximum atomic E-state index is 10.0. The van der Waals surface area contributed by atoms with E-state index in [1.165, 1.54) is 18.4 Å². The molecule has 0 amide bonds. The van der Waals surface area contributed by atoms with Gasteiger partial charge < -0.3 is 5.11 Å². The summed E-state index contributed by atoms with van der Waals surface area (Å²) >= 11 is 0. The smallest absolute Gasteiger partial charge is 0.0684 e. The van der Waals surface area contributed by atoms with Crippen LogP contribution in [0.2, 0.25) is 0 Å². The summed E-state index contributed by atoms with van der Waals surface area (Å²) < 4.78 is 0. The van der Waals surface area contributed by atoms with Crippen molar-refractivity contribution < 1.29 is 5.11 Å². The molecule has 0 saturated heterocycles. The SMILES string of the molecule is CC/C=C(\C)CC1(O)CCCC1. The molecule has 0 unspecified atom stereocenters. The van der Waals surface area contributed by atoms with Gasteiger partial charge in [-0.1, -0.05) is 31.4 Å². The van der Waals surface area contributed by atoms with Crippen molar-refractivity contribution in [3.05, 3.63) is 11.6 Å². The van der Waals surface area contributed by atoms with Gasteiger partial charge in [-0.25, -0.2) is 0 Å². The molecule has 1 fully saturated rings. The van der Waals surface area contributed by atoms with E-state index in [0.29, 0.717) is 0 Å². The van der Waals surface area contributed by atoms with E-state index in [9.17, 15) is 5.11 Å². The number of hydrogen-bond donors (Lipinski definition) is 1. The van der Waals surface area contributed by atoms with Gasteiger partial charge in [0.1, 0.15) is 0 Å². The maximum Gasteiger partial charge on any atom is 0.0684 e. The number of rotatable bonds is 3. The summed E-state index contributed by atoms with van der Waals surface area (Å²) in [7, 11) is 0. The molecule has 1 nitrogen and oxygen atoms in total. The molecule has 0 bridgehead atoms. The summed E-state index contributed by atoms with van der Waals surface area (Å²) in [4.78, 5) is 0. The molecule has 1 aliphatic carbocycles.